The second-order valence-electron chi connectivity index (χ2n) is 4.27. The first-order valence-corrected chi connectivity index (χ1v) is 6.53. The SMILES string of the molecule is CCCCCOC(=O)COc1ccccc1C(C)=O. The summed E-state index contributed by atoms with van der Waals surface area (Å²) in [6.07, 6.45) is 2.99. The van der Waals surface area contributed by atoms with Gasteiger partial charge in [0.2, 0.25) is 0 Å². The molecule has 19 heavy (non-hydrogen) atoms. The van der Waals surface area contributed by atoms with Gasteiger partial charge in [0.25, 0.3) is 0 Å². The van der Waals surface area contributed by atoms with Crippen LogP contribution < -0.4 is 4.74 Å². The molecule has 4 nitrogen and oxygen atoms in total. The van der Waals surface area contributed by atoms with E-state index in [0.717, 1.165) is 19.3 Å². The first-order chi connectivity index (χ1) is 9.15. The van der Waals surface area contributed by atoms with Gasteiger partial charge in [0.05, 0.1) is 12.2 Å². The molecule has 1 rings (SSSR count). The molecule has 0 saturated carbocycles. The lowest BCUT2D eigenvalue weighted by Gasteiger charge is -2.09. The lowest BCUT2D eigenvalue weighted by molar-refractivity contribution is -0.146. The third kappa shape index (κ3) is 5.55. The van der Waals surface area contributed by atoms with Crippen LogP contribution in [-0.4, -0.2) is 25.0 Å². The molecule has 1 aromatic carbocycles. The average molecular weight is 264 g/mol. The van der Waals surface area contributed by atoms with Crippen LogP contribution in [0.15, 0.2) is 24.3 Å². The molecule has 0 aliphatic rings. The predicted molar refractivity (Wildman–Crippen MR) is 72.4 cm³/mol. The van der Waals surface area contributed by atoms with Crippen molar-refractivity contribution in [3.63, 3.8) is 0 Å². The molecule has 0 aliphatic heterocycles. The fourth-order valence-electron chi connectivity index (χ4n) is 1.60. The van der Waals surface area contributed by atoms with Gasteiger partial charge in [-0.3, -0.25) is 4.79 Å². The van der Waals surface area contributed by atoms with Crippen molar-refractivity contribution < 1.29 is 19.1 Å². The number of para-hydroxylation sites is 1. The first-order valence-electron chi connectivity index (χ1n) is 6.53. The molecule has 0 bridgehead atoms. The molecule has 104 valence electrons. The fraction of sp³-hybridized carbons (Fsp3) is 0.467. The molecule has 0 N–H and O–H groups in total. The van der Waals surface area contributed by atoms with Gasteiger partial charge in [-0.05, 0) is 25.5 Å². The van der Waals surface area contributed by atoms with Crippen molar-refractivity contribution in [2.75, 3.05) is 13.2 Å². The highest BCUT2D eigenvalue weighted by atomic mass is 16.6. The number of hydrogen-bond donors (Lipinski definition) is 0. The Morgan fingerprint density at radius 3 is 2.58 bits per heavy atom. The summed E-state index contributed by atoms with van der Waals surface area (Å²) in [5.74, 6) is -0.0816. The molecule has 0 unspecified atom stereocenters. The van der Waals surface area contributed by atoms with Crippen LogP contribution in [-0.2, 0) is 9.53 Å². The van der Waals surface area contributed by atoms with Crippen LogP contribution >= 0.6 is 0 Å². The number of benzene rings is 1. The summed E-state index contributed by atoms with van der Waals surface area (Å²) < 4.78 is 10.3. The number of ether oxygens (including phenoxy) is 2. The van der Waals surface area contributed by atoms with Crippen LogP contribution in [0.3, 0.4) is 0 Å². The fourth-order valence-corrected chi connectivity index (χ4v) is 1.60. The van der Waals surface area contributed by atoms with Crippen molar-refractivity contribution in [3.05, 3.63) is 29.8 Å². The molecule has 0 aliphatic carbocycles. The van der Waals surface area contributed by atoms with Crippen molar-refractivity contribution in [1.82, 2.24) is 0 Å². The number of carbonyl (C=O) groups is 2. The summed E-state index contributed by atoms with van der Waals surface area (Å²) in [5.41, 5.74) is 0.473. The zero-order chi connectivity index (χ0) is 14.1. The zero-order valence-corrected chi connectivity index (χ0v) is 11.5. The molecule has 0 heterocycles. The van der Waals surface area contributed by atoms with Gasteiger partial charge in [-0.25, -0.2) is 4.79 Å². The Morgan fingerprint density at radius 1 is 1.16 bits per heavy atom. The van der Waals surface area contributed by atoms with E-state index in [0.29, 0.717) is 17.9 Å². The number of hydrogen-bond acceptors (Lipinski definition) is 4. The summed E-state index contributed by atoms with van der Waals surface area (Å²) in [4.78, 5) is 22.8. The Morgan fingerprint density at radius 2 is 1.89 bits per heavy atom. The van der Waals surface area contributed by atoms with Crippen molar-refractivity contribution >= 4 is 11.8 Å². The maximum atomic E-state index is 11.4. The Labute approximate surface area is 113 Å². The van der Waals surface area contributed by atoms with Crippen molar-refractivity contribution in [2.24, 2.45) is 0 Å². The van der Waals surface area contributed by atoms with Crippen LogP contribution in [0.25, 0.3) is 0 Å². The van der Waals surface area contributed by atoms with E-state index in [1.807, 2.05) is 0 Å². The Hall–Kier alpha value is -1.84. The normalized spacial score (nSPS) is 10.0. The summed E-state index contributed by atoms with van der Waals surface area (Å²) in [5, 5.41) is 0. The average Bonchev–Trinajstić information content (AvgIpc) is 2.41. The van der Waals surface area contributed by atoms with Gasteiger partial charge in [-0.2, -0.15) is 0 Å². The summed E-state index contributed by atoms with van der Waals surface area (Å²) >= 11 is 0. The Bertz CT molecular complexity index is 426. The lowest BCUT2D eigenvalue weighted by atomic mass is 10.1. The summed E-state index contributed by atoms with van der Waals surface area (Å²) in [6.45, 7) is 3.80. The molecule has 0 radical (unpaired) electrons. The highest BCUT2D eigenvalue weighted by Crippen LogP contribution is 2.18. The van der Waals surface area contributed by atoms with Gasteiger partial charge in [0.1, 0.15) is 5.75 Å². The number of Topliss-reactive ketones (excluding diaryl/α,β-unsaturated/α-hetero) is 1. The minimum Gasteiger partial charge on any atom is -0.481 e. The van der Waals surface area contributed by atoms with Gasteiger partial charge in [0, 0.05) is 0 Å². The van der Waals surface area contributed by atoms with Crippen LogP contribution in [0, 0.1) is 0 Å². The van der Waals surface area contributed by atoms with E-state index in [2.05, 4.69) is 6.92 Å². The van der Waals surface area contributed by atoms with Gasteiger partial charge in [-0.1, -0.05) is 31.9 Å². The van der Waals surface area contributed by atoms with Crippen LogP contribution in [0.1, 0.15) is 43.5 Å². The van der Waals surface area contributed by atoms with E-state index >= 15 is 0 Å². The number of carbonyl (C=O) groups excluding carboxylic acids is 2. The van der Waals surface area contributed by atoms with E-state index < -0.39 is 5.97 Å². The van der Waals surface area contributed by atoms with Crippen molar-refractivity contribution in [3.8, 4) is 5.75 Å². The Kier molecular flexibility index (Phi) is 6.64. The van der Waals surface area contributed by atoms with E-state index in [1.165, 1.54) is 6.92 Å². The second-order valence-corrected chi connectivity index (χ2v) is 4.27. The van der Waals surface area contributed by atoms with Crippen LogP contribution in [0.4, 0.5) is 0 Å². The maximum absolute atomic E-state index is 11.4. The molecular weight excluding hydrogens is 244 g/mol. The highest BCUT2D eigenvalue weighted by molar-refractivity contribution is 5.96. The van der Waals surface area contributed by atoms with Gasteiger partial charge < -0.3 is 9.47 Å². The largest absolute Gasteiger partial charge is 0.481 e. The molecule has 0 fully saturated rings. The van der Waals surface area contributed by atoms with Gasteiger partial charge >= 0.3 is 5.97 Å². The van der Waals surface area contributed by atoms with E-state index in [4.69, 9.17) is 9.47 Å². The summed E-state index contributed by atoms with van der Waals surface area (Å²) in [7, 11) is 0. The molecule has 0 spiro atoms. The molecule has 0 atom stereocenters. The van der Waals surface area contributed by atoms with Crippen molar-refractivity contribution in [2.45, 2.75) is 33.1 Å². The maximum Gasteiger partial charge on any atom is 0.344 e. The molecule has 4 heteroatoms. The number of ketones is 1. The summed E-state index contributed by atoms with van der Waals surface area (Å²) in [6, 6.07) is 6.85. The third-order valence-electron chi connectivity index (χ3n) is 2.62. The van der Waals surface area contributed by atoms with Crippen LogP contribution in [0.2, 0.25) is 0 Å². The second kappa shape index (κ2) is 8.29. The smallest absolute Gasteiger partial charge is 0.344 e. The lowest BCUT2D eigenvalue weighted by Crippen LogP contribution is -2.16. The van der Waals surface area contributed by atoms with E-state index in [1.54, 1.807) is 24.3 Å². The van der Waals surface area contributed by atoms with Gasteiger partial charge in [0.15, 0.2) is 12.4 Å². The van der Waals surface area contributed by atoms with E-state index in [9.17, 15) is 9.59 Å². The van der Waals surface area contributed by atoms with Gasteiger partial charge in [-0.15, -0.1) is 0 Å². The minimum atomic E-state index is -0.408. The molecule has 0 saturated heterocycles. The predicted octanol–water partition coefficient (Wildman–Crippen LogP) is 3.00. The molecule has 1 aromatic rings. The topological polar surface area (TPSA) is 52.6 Å². The quantitative estimate of drug-likeness (QED) is 0.411. The van der Waals surface area contributed by atoms with Crippen LogP contribution in [0.5, 0.6) is 5.75 Å². The van der Waals surface area contributed by atoms with Crippen molar-refractivity contribution in [1.29, 1.82) is 0 Å². The third-order valence-corrected chi connectivity index (χ3v) is 2.62. The van der Waals surface area contributed by atoms with E-state index in [-0.39, 0.29) is 12.4 Å². The Balaban J connectivity index is 2.40. The monoisotopic (exact) mass is 264 g/mol. The zero-order valence-electron chi connectivity index (χ0n) is 11.5. The molecule has 0 aromatic heterocycles. The molecular formula is C15H20O4. The highest BCUT2D eigenvalue weighted by Gasteiger charge is 2.10. The molecule has 0 amide bonds. The number of esters is 1. The minimum absolute atomic E-state index is 0.0908. The number of unbranched alkanes of at least 4 members (excludes halogenated alkanes) is 2. The number of rotatable bonds is 8. The standard InChI is InChI=1S/C15H20O4/c1-3-4-7-10-18-15(17)11-19-14-9-6-5-8-13(14)12(2)16/h5-6,8-9H,3-4,7,10-11H2,1-2H3. The first kappa shape index (κ1) is 15.2.